The van der Waals surface area contributed by atoms with Gasteiger partial charge in [0.25, 0.3) is 0 Å². The Morgan fingerprint density at radius 3 is 2.53 bits per heavy atom. The standard InChI is InChI=1S/C13H27NO/c1-4-9-14-13(11(3)5-2)10-15-12-7-6-8-12/h11-14H,4-10H2,1-3H3. The van der Waals surface area contributed by atoms with E-state index in [9.17, 15) is 0 Å². The largest absolute Gasteiger partial charge is 0.377 e. The minimum atomic E-state index is 0.551. The SMILES string of the molecule is CCCNC(COC1CCC1)C(C)CC. The van der Waals surface area contributed by atoms with Crippen molar-refractivity contribution in [2.45, 2.75) is 65.0 Å². The van der Waals surface area contributed by atoms with Crippen LogP contribution in [-0.4, -0.2) is 25.3 Å². The summed E-state index contributed by atoms with van der Waals surface area (Å²) in [4.78, 5) is 0. The molecule has 2 nitrogen and oxygen atoms in total. The maximum atomic E-state index is 5.90. The molecule has 0 radical (unpaired) electrons. The van der Waals surface area contributed by atoms with E-state index in [2.05, 4.69) is 26.1 Å². The zero-order valence-corrected chi connectivity index (χ0v) is 10.6. The summed E-state index contributed by atoms with van der Waals surface area (Å²) in [5.74, 6) is 0.719. The van der Waals surface area contributed by atoms with E-state index in [0.29, 0.717) is 12.1 Å². The number of nitrogens with one attached hydrogen (secondary N) is 1. The summed E-state index contributed by atoms with van der Waals surface area (Å²) in [6.45, 7) is 8.81. The van der Waals surface area contributed by atoms with Crippen LogP contribution >= 0.6 is 0 Å². The van der Waals surface area contributed by atoms with Crippen LogP contribution in [0.25, 0.3) is 0 Å². The highest BCUT2D eigenvalue weighted by molar-refractivity contribution is 4.75. The summed E-state index contributed by atoms with van der Waals surface area (Å²) in [6, 6.07) is 0.551. The second-order valence-electron chi connectivity index (χ2n) is 4.83. The summed E-state index contributed by atoms with van der Waals surface area (Å²) in [5.41, 5.74) is 0. The molecule has 2 unspecified atom stereocenters. The molecule has 1 saturated carbocycles. The van der Waals surface area contributed by atoms with Crippen LogP contribution in [0.1, 0.15) is 52.9 Å². The third kappa shape index (κ3) is 4.52. The molecule has 0 bridgehead atoms. The summed E-state index contributed by atoms with van der Waals surface area (Å²) in [5, 5.41) is 3.60. The molecule has 0 spiro atoms. The number of ether oxygens (including phenoxy) is 1. The van der Waals surface area contributed by atoms with Crippen molar-refractivity contribution in [3.63, 3.8) is 0 Å². The minimum Gasteiger partial charge on any atom is -0.377 e. The van der Waals surface area contributed by atoms with Gasteiger partial charge < -0.3 is 10.1 Å². The lowest BCUT2D eigenvalue weighted by Gasteiger charge is -2.30. The zero-order valence-electron chi connectivity index (χ0n) is 10.6. The molecule has 0 amide bonds. The van der Waals surface area contributed by atoms with Gasteiger partial charge in [-0.15, -0.1) is 0 Å². The van der Waals surface area contributed by atoms with E-state index in [0.717, 1.165) is 19.1 Å². The van der Waals surface area contributed by atoms with Gasteiger partial charge in [-0.1, -0.05) is 27.2 Å². The molecule has 90 valence electrons. The first-order valence-corrected chi connectivity index (χ1v) is 6.62. The Hall–Kier alpha value is -0.0800. The van der Waals surface area contributed by atoms with Crippen molar-refractivity contribution in [2.75, 3.05) is 13.2 Å². The average Bonchev–Trinajstić information content (AvgIpc) is 2.19. The molecule has 2 heteroatoms. The van der Waals surface area contributed by atoms with Crippen molar-refractivity contribution in [2.24, 2.45) is 5.92 Å². The van der Waals surface area contributed by atoms with Gasteiger partial charge in [-0.3, -0.25) is 0 Å². The molecule has 1 aliphatic carbocycles. The van der Waals surface area contributed by atoms with Crippen LogP contribution < -0.4 is 5.32 Å². The van der Waals surface area contributed by atoms with Gasteiger partial charge in [0.2, 0.25) is 0 Å². The Bertz CT molecular complexity index is 157. The normalized spacial score (nSPS) is 21.0. The lowest BCUT2D eigenvalue weighted by Crippen LogP contribution is -2.41. The molecule has 1 N–H and O–H groups in total. The average molecular weight is 213 g/mol. The first kappa shape index (κ1) is 13.0. The van der Waals surface area contributed by atoms with Gasteiger partial charge in [0.1, 0.15) is 0 Å². The third-order valence-electron chi connectivity index (χ3n) is 3.55. The number of rotatable bonds is 8. The van der Waals surface area contributed by atoms with Crippen molar-refractivity contribution in [3.05, 3.63) is 0 Å². The Morgan fingerprint density at radius 1 is 1.33 bits per heavy atom. The van der Waals surface area contributed by atoms with Crippen LogP contribution in [0.15, 0.2) is 0 Å². The van der Waals surface area contributed by atoms with Crippen LogP contribution in [0.4, 0.5) is 0 Å². The number of hydrogen-bond donors (Lipinski definition) is 1. The molecule has 15 heavy (non-hydrogen) atoms. The molecular formula is C13H27NO. The van der Waals surface area contributed by atoms with E-state index in [1.54, 1.807) is 0 Å². The van der Waals surface area contributed by atoms with E-state index in [-0.39, 0.29) is 0 Å². The van der Waals surface area contributed by atoms with Crippen LogP contribution in [0.2, 0.25) is 0 Å². The second-order valence-corrected chi connectivity index (χ2v) is 4.83. The predicted octanol–water partition coefficient (Wildman–Crippen LogP) is 2.97. The molecule has 1 rings (SSSR count). The molecular weight excluding hydrogens is 186 g/mol. The number of hydrogen-bond acceptors (Lipinski definition) is 2. The molecule has 2 atom stereocenters. The Kier molecular flexibility index (Phi) is 6.26. The fourth-order valence-corrected chi connectivity index (χ4v) is 1.82. The highest BCUT2D eigenvalue weighted by Crippen LogP contribution is 2.22. The third-order valence-corrected chi connectivity index (χ3v) is 3.55. The van der Waals surface area contributed by atoms with Gasteiger partial charge in [0, 0.05) is 6.04 Å². The molecule has 0 aromatic heterocycles. The van der Waals surface area contributed by atoms with Crippen LogP contribution in [0.5, 0.6) is 0 Å². The first-order chi connectivity index (χ1) is 7.27. The van der Waals surface area contributed by atoms with Crippen LogP contribution in [-0.2, 0) is 4.74 Å². The Morgan fingerprint density at radius 2 is 2.07 bits per heavy atom. The monoisotopic (exact) mass is 213 g/mol. The predicted molar refractivity (Wildman–Crippen MR) is 65.1 cm³/mol. The van der Waals surface area contributed by atoms with Gasteiger partial charge in [0.05, 0.1) is 12.7 Å². The molecule has 0 aromatic carbocycles. The highest BCUT2D eigenvalue weighted by Gasteiger charge is 2.21. The van der Waals surface area contributed by atoms with E-state index >= 15 is 0 Å². The summed E-state index contributed by atoms with van der Waals surface area (Å²) < 4.78 is 5.90. The van der Waals surface area contributed by atoms with E-state index in [1.165, 1.54) is 32.1 Å². The maximum Gasteiger partial charge on any atom is 0.0625 e. The highest BCUT2D eigenvalue weighted by atomic mass is 16.5. The van der Waals surface area contributed by atoms with Crippen molar-refractivity contribution >= 4 is 0 Å². The van der Waals surface area contributed by atoms with Crippen LogP contribution in [0, 0.1) is 5.92 Å². The topological polar surface area (TPSA) is 21.3 Å². The summed E-state index contributed by atoms with van der Waals surface area (Å²) >= 11 is 0. The van der Waals surface area contributed by atoms with E-state index < -0.39 is 0 Å². The minimum absolute atomic E-state index is 0.551. The first-order valence-electron chi connectivity index (χ1n) is 6.62. The van der Waals surface area contributed by atoms with Crippen molar-refractivity contribution in [3.8, 4) is 0 Å². The quantitative estimate of drug-likeness (QED) is 0.669. The van der Waals surface area contributed by atoms with Crippen molar-refractivity contribution < 1.29 is 4.74 Å². The van der Waals surface area contributed by atoms with Gasteiger partial charge >= 0.3 is 0 Å². The van der Waals surface area contributed by atoms with Crippen molar-refractivity contribution in [1.29, 1.82) is 0 Å². The van der Waals surface area contributed by atoms with Gasteiger partial charge in [-0.05, 0) is 38.1 Å². The maximum absolute atomic E-state index is 5.90. The Labute approximate surface area is 94.8 Å². The van der Waals surface area contributed by atoms with Crippen LogP contribution in [0.3, 0.4) is 0 Å². The molecule has 0 aliphatic heterocycles. The van der Waals surface area contributed by atoms with Gasteiger partial charge in [-0.25, -0.2) is 0 Å². The molecule has 1 fully saturated rings. The second kappa shape index (κ2) is 7.24. The fourth-order valence-electron chi connectivity index (χ4n) is 1.82. The van der Waals surface area contributed by atoms with E-state index in [1.807, 2.05) is 0 Å². The Balaban J connectivity index is 2.20. The zero-order chi connectivity index (χ0) is 11.1. The molecule has 0 heterocycles. The fraction of sp³-hybridized carbons (Fsp3) is 1.00. The summed E-state index contributed by atoms with van der Waals surface area (Å²) in [6.07, 6.45) is 6.93. The molecule has 1 aliphatic rings. The van der Waals surface area contributed by atoms with Crippen molar-refractivity contribution in [1.82, 2.24) is 5.32 Å². The lowest BCUT2D eigenvalue weighted by molar-refractivity contribution is -0.0151. The lowest BCUT2D eigenvalue weighted by atomic mass is 9.95. The molecule has 0 aromatic rings. The van der Waals surface area contributed by atoms with Gasteiger partial charge in [-0.2, -0.15) is 0 Å². The molecule has 0 saturated heterocycles. The van der Waals surface area contributed by atoms with E-state index in [4.69, 9.17) is 4.74 Å². The smallest absolute Gasteiger partial charge is 0.0625 e. The van der Waals surface area contributed by atoms with Gasteiger partial charge in [0.15, 0.2) is 0 Å². The summed E-state index contributed by atoms with van der Waals surface area (Å²) in [7, 11) is 0.